The number of carbonyl (C=O) groups excluding carboxylic acids is 2. The summed E-state index contributed by atoms with van der Waals surface area (Å²) in [4.78, 5) is 27.0. The van der Waals surface area contributed by atoms with Crippen LogP contribution in [0, 0.1) is 6.92 Å². The van der Waals surface area contributed by atoms with E-state index in [1.54, 1.807) is 13.8 Å². The number of rotatable bonds is 6. The van der Waals surface area contributed by atoms with E-state index in [2.05, 4.69) is 6.07 Å². The lowest BCUT2D eigenvalue weighted by molar-refractivity contribution is -0.163. The molecule has 3 rings (SSSR count). The van der Waals surface area contributed by atoms with Crippen LogP contribution in [0.2, 0.25) is 0 Å². The quantitative estimate of drug-likeness (QED) is 0.605. The maximum Gasteiger partial charge on any atom is 0.350 e. The molecule has 1 saturated heterocycles. The number of likely N-dealkylation sites (tertiary alicyclic amines) is 1. The van der Waals surface area contributed by atoms with Crippen LogP contribution in [0.15, 0.2) is 48.5 Å². The number of hydrogen-bond acceptors (Lipinski definition) is 4. The summed E-state index contributed by atoms with van der Waals surface area (Å²) in [6.07, 6.45) is 1.62. The van der Waals surface area contributed by atoms with Crippen LogP contribution in [-0.2, 0) is 9.53 Å². The lowest BCUT2D eigenvalue weighted by Crippen LogP contribution is -2.41. The highest BCUT2D eigenvalue weighted by Gasteiger charge is 2.33. The number of ether oxygens (including phenoxy) is 2. The third kappa shape index (κ3) is 5.87. The minimum Gasteiger partial charge on any atom is -0.476 e. The van der Waals surface area contributed by atoms with Gasteiger partial charge in [0.25, 0.3) is 5.91 Å². The molecular weight excluding hydrogens is 390 g/mol. The Hall–Kier alpha value is -2.82. The van der Waals surface area contributed by atoms with E-state index >= 15 is 0 Å². The van der Waals surface area contributed by atoms with Gasteiger partial charge >= 0.3 is 5.97 Å². The van der Waals surface area contributed by atoms with Gasteiger partial charge < -0.3 is 14.4 Å². The zero-order valence-electron chi connectivity index (χ0n) is 19.2. The molecule has 0 N–H and O–H groups in total. The number of carbonyl (C=O) groups is 2. The molecule has 0 unspecified atom stereocenters. The zero-order valence-corrected chi connectivity index (χ0v) is 19.2. The molecule has 0 atom stereocenters. The molecule has 0 aliphatic carbocycles. The third-order valence-corrected chi connectivity index (χ3v) is 5.62. The van der Waals surface area contributed by atoms with Gasteiger partial charge in [0.2, 0.25) is 0 Å². The second-order valence-corrected chi connectivity index (χ2v) is 9.07. The average Bonchev–Trinajstić information content (AvgIpc) is 2.73. The van der Waals surface area contributed by atoms with E-state index in [1.165, 1.54) is 5.56 Å². The number of amides is 1. The normalized spacial score (nSPS) is 15.1. The van der Waals surface area contributed by atoms with Crippen molar-refractivity contribution in [2.45, 2.75) is 65.1 Å². The van der Waals surface area contributed by atoms with Crippen LogP contribution in [0.25, 0.3) is 0 Å². The van der Waals surface area contributed by atoms with Crippen molar-refractivity contribution in [1.29, 1.82) is 0 Å². The number of benzene rings is 2. The Balaban J connectivity index is 1.61. The van der Waals surface area contributed by atoms with Gasteiger partial charge in [-0.15, -0.1) is 0 Å². The van der Waals surface area contributed by atoms with Crippen LogP contribution in [0.1, 0.15) is 67.9 Å². The zero-order chi connectivity index (χ0) is 22.6. The molecule has 1 heterocycles. The maximum atomic E-state index is 12.8. The smallest absolute Gasteiger partial charge is 0.350 e. The van der Waals surface area contributed by atoms with Crippen LogP contribution in [-0.4, -0.2) is 41.6 Å². The van der Waals surface area contributed by atoms with Gasteiger partial charge in [-0.25, -0.2) is 4.79 Å². The van der Waals surface area contributed by atoms with Crippen molar-refractivity contribution in [3.63, 3.8) is 0 Å². The molecule has 2 aromatic carbocycles. The van der Waals surface area contributed by atoms with Gasteiger partial charge in [-0.1, -0.05) is 29.8 Å². The van der Waals surface area contributed by atoms with E-state index in [9.17, 15) is 9.59 Å². The SMILES string of the molecule is Cc1ccc(C(=O)N2CCC(c3cccc(OC(C)(C)C(=O)OC(C)C)c3)CC2)cc1. The largest absolute Gasteiger partial charge is 0.476 e. The maximum absolute atomic E-state index is 12.8. The Bertz CT molecular complexity index is 909. The molecule has 1 amide bonds. The van der Waals surface area contributed by atoms with Gasteiger partial charge in [-0.05, 0) is 83.2 Å². The van der Waals surface area contributed by atoms with E-state index in [-0.39, 0.29) is 18.0 Å². The molecule has 0 bridgehead atoms. The average molecular weight is 424 g/mol. The fourth-order valence-electron chi connectivity index (χ4n) is 3.82. The first-order chi connectivity index (χ1) is 14.7. The Kier molecular flexibility index (Phi) is 7.04. The number of esters is 1. The summed E-state index contributed by atoms with van der Waals surface area (Å²) in [5, 5.41) is 0. The highest BCUT2D eigenvalue weighted by Crippen LogP contribution is 2.32. The highest BCUT2D eigenvalue weighted by molar-refractivity contribution is 5.94. The summed E-state index contributed by atoms with van der Waals surface area (Å²) < 4.78 is 11.3. The van der Waals surface area contributed by atoms with E-state index in [0.717, 1.165) is 37.1 Å². The Morgan fingerprint density at radius 3 is 2.29 bits per heavy atom. The number of hydrogen-bond donors (Lipinski definition) is 0. The number of aryl methyl sites for hydroxylation is 1. The van der Waals surface area contributed by atoms with Crippen molar-refractivity contribution in [1.82, 2.24) is 4.90 Å². The number of nitrogens with zero attached hydrogens (tertiary/aromatic N) is 1. The summed E-state index contributed by atoms with van der Waals surface area (Å²) in [7, 11) is 0. The number of piperidine rings is 1. The molecule has 0 saturated carbocycles. The van der Waals surface area contributed by atoms with Crippen molar-refractivity contribution < 1.29 is 19.1 Å². The molecule has 0 aromatic heterocycles. The van der Waals surface area contributed by atoms with Gasteiger partial charge in [-0.3, -0.25) is 4.79 Å². The molecule has 2 aromatic rings. The summed E-state index contributed by atoms with van der Waals surface area (Å²) >= 11 is 0. The van der Waals surface area contributed by atoms with Gasteiger partial charge in [0.1, 0.15) is 5.75 Å². The lowest BCUT2D eigenvalue weighted by atomic mass is 9.89. The standard InChI is InChI=1S/C26H33NO4/c1-18(2)30-25(29)26(4,5)31-23-8-6-7-22(17-23)20-13-15-27(16-14-20)24(28)21-11-9-19(3)10-12-21/h6-12,17-18,20H,13-16H2,1-5H3. The predicted molar refractivity (Wildman–Crippen MR) is 121 cm³/mol. The minimum atomic E-state index is -1.06. The summed E-state index contributed by atoms with van der Waals surface area (Å²) in [6, 6.07) is 15.7. The van der Waals surface area contributed by atoms with Crippen LogP contribution in [0.5, 0.6) is 5.75 Å². The molecule has 0 radical (unpaired) electrons. The van der Waals surface area contributed by atoms with Crippen molar-refractivity contribution >= 4 is 11.9 Å². The molecule has 5 nitrogen and oxygen atoms in total. The van der Waals surface area contributed by atoms with E-state index in [0.29, 0.717) is 11.7 Å². The topological polar surface area (TPSA) is 55.8 Å². The molecule has 166 valence electrons. The van der Waals surface area contributed by atoms with E-state index in [4.69, 9.17) is 9.47 Å². The first kappa shape index (κ1) is 22.9. The van der Waals surface area contributed by atoms with Crippen LogP contribution in [0.4, 0.5) is 0 Å². The van der Waals surface area contributed by atoms with E-state index in [1.807, 2.05) is 68.1 Å². The summed E-state index contributed by atoms with van der Waals surface area (Å²) in [5.41, 5.74) is 2.01. The van der Waals surface area contributed by atoms with Gasteiger partial charge in [0.15, 0.2) is 5.60 Å². The fourth-order valence-corrected chi connectivity index (χ4v) is 3.82. The molecule has 1 aliphatic heterocycles. The van der Waals surface area contributed by atoms with Crippen molar-refractivity contribution in [3.8, 4) is 5.75 Å². The molecule has 31 heavy (non-hydrogen) atoms. The summed E-state index contributed by atoms with van der Waals surface area (Å²) in [6.45, 7) is 10.6. The van der Waals surface area contributed by atoms with Crippen LogP contribution in [0.3, 0.4) is 0 Å². The second-order valence-electron chi connectivity index (χ2n) is 9.07. The van der Waals surface area contributed by atoms with E-state index < -0.39 is 5.60 Å². The molecule has 5 heteroatoms. The Labute approximate surface area is 185 Å². The van der Waals surface area contributed by atoms with Crippen molar-refractivity contribution in [3.05, 3.63) is 65.2 Å². The highest BCUT2D eigenvalue weighted by atomic mass is 16.6. The summed E-state index contributed by atoms with van der Waals surface area (Å²) in [5.74, 6) is 0.731. The van der Waals surface area contributed by atoms with Gasteiger partial charge in [0.05, 0.1) is 6.10 Å². The second kappa shape index (κ2) is 9.54. The Morgan fingerprint density at radius 2 is 1.68 bits per heavy atom. The molecule has 1 fully saturated rings. The van der Waals surface area contributed by atoms with Crippen LogP contribution >= 0.6 is 0 Å². The van der Waals surface area contributed by atoms with Crippen molar-refractivity contribution in [2.24, 2.45) is 0 Å². The monoisotopic (exact) mass is 423 g/mol. The lowest BCUT2D eigenvalue weighted by Gasteiger charge is -2.32. The van der Waals surface area contributed by atoms with Crippen molar-refractivity contribution in [2.75, 3.05) is 13.1 Å². The van der Waals surface area contributed by atoms with Gasteiger partial charge in [-0.2, -0.15) is 0 Å². The third-order valence-electron chi connectivity index (χ3n) is 5.62. The molecular formula is C26H33NO4. The predicted octanol–water partition coefficient (Wildman–Crippen LogP) is 5.12. The minimum absolute atomic E-state index is 0.0981. The first-order valence-corrected chi connectivity index (χ1v) is 11.0. The molecule has 1 aliphatic rings. The Morgan fingerprint density at radius 1 is 1.03 bits per heavy atom. The van der Waals surface area contributed by atoms with Gasteiger partial charge in [0, 0.05) is 18.7 Å². The molecule has 0 spiro atoms. The fraction of sp³-hybridized carbons (Fsp3) is 0.462. The van der Waals surface area contributed by atoms with Crippen LogP contribution < -0.4 is 4.74 Å². The first-order valence-electron chi connectivity index (χ1n) is 11.0.